The molecule has 6 nitrogen and oxygen atoms in total. The molecule has 0 fully saturated rings. The molecule has 0 aliphatic heterocycles. The summed E-state index contributed by atoms with van der Waals surface area (Å²) < 4.78 is 1.56. The van der Waals surface area contributed by atoms with E-state index in [1.165, 1.54) is 6.20 Å². The first-order valence-electron chi connectivity index (χ1n) is 5.30. The van der Waals surface area contributed by atoms with Crippen molar-refractivity contribution in [2.45, 2.75) is 13.5 Å². The molecule has 0 atom stereocenters. The number of benzene rings is 1. The molecule has 0 unspecified atom stereocenters. The van der Waals surface area contributed by atoms with Gasteiger partial charge in [0.15, 0.2) is 0 Å². The molecule has 0 saturated carbocycles. The Labute approximate surface area is 103 Å². The Hall–Kier alpha value is -2.68. The van der Waals surface area contributed by atoms with E-state index in [-0.39, 0.29) is 10.6 Å². The summed E-state index contributed by atoms with van der Waals surface area (Å²) in [5, 5.41) is 21.9. The lowest BCUT2D eigenvalue weighted by Gasteiger charge is -2.05. The van der Waals surface area contributed by atoms with Gasteiger partial charge in [0.1, 0.15) is 11.9 Å². The first-order chi connectivity index (χ1) is 8.63. The second kappa shape index (κ2) is 4.67. The quantitative estimate of drug-likeness (QED) is 0.835. The van der Waals surface area contributed by atoms with E-state index >= 15 is 0 Å². The van der Waals surface area contributed by atoms with Crippen molar-refractivity contribution in [3.05, 3.63) is 52.2 Å². The van der Waals surface area contributed by atoms with Crippen LogP contribution in [0.5, 0.6) is 0 Å². The largest absolute Gasteiger partial charge is 0.356 e. The van der Waals surface area contributed by atoms with Gasteiger partial charge in [-0.15, -0.1) is 0 Å². The minimum Gasteiger partial charge on any atom is -0.258 e. The standard InChI is InChI=1S/C12H11N4O2/c1-9-12(16(17)18)7-14-15(9)8-11-5-3-2-4-10(11)6-13/h2-5,7H,8H2,1H3,(H,17,18)/q+1. The topological polar surface area (TPSA) is 81.9 Å². The molecule has 1 aromatic carbocycles. The number of hydrogen-bond donors (Lipinski definition) is 1. The highest BCUT2D eigenvalue weighted by atomic mass is 16.6. The molecule has 0 spiro atoms. The minimum atomic E-state index is -0.213. The molecule has 18 heavy (non-hydrogen) atoms. The van der Waals surface area contributed by atoms with Gasteiger partial charge >= 0.3 is 5.69 Å². The fourth-order valence-corrected chi connectivity index (χ4v) is 1.71. The van der Waals surface area contributed by atoms with Crippen molar-refractivity contribution in [3.63, 3.8) is 0 Å². The third kappa shape index (κ3) is 2.06. The molecule has 0 amide bonds. The van der Waals surface area contributed by atoms with Crippen molar-refractivity contribution < 1.29 is 10.1 Å². The maximum Gasteiger partial charge on any atom is 0.356 e. The van der Waals surface area contributed by atoms with Crippen molar-refractivity contribution in [1.29, 1.82) is 5.26 Å². The molecule has 2 aromatic rings. The zero-order chi connectivity index (χ0) is 13.1. The third-order valence-corrected chi connectivity index (χ3v) is 2.74. The van der Waals surface area contributed by atoms with Crippen LogP contribution in [0.25, 0.3) is 0 Å². The summed E-state index contributed by atoms with van der Waals surface area (Å²) in [6, 6.07) is 9.28. The molecule has 0 bridgehead atoms. The maximum absolute atomic E-state index is 10.8. The zero-order valence-electron chi connectivity index (χ0n) is 9.74. The fraction of sp³-hybridized carbons (Fsp3) is 0.167. The number of nitrogens with zero attached hydrogens (tertiary/aromatic N) is 4. The number of hydrogen-bond acceptors (Lipinski definition) is 3. The molecule has 6 heteroatoms. The molecule has 1 aromatic heterocycles. The van der Waals surface area contributed by atoms with E-state index < -0.39 is 0 Å². The summed E-state index contributed by atoms with van der Waals surface area (Å²) in [5.41, 5.74) is 2.02. The highest BCUT2D eigenvalue weighted by molar-refractivity contribution is 5.38. The number of nitriles is 1. The highest BCUT2D eigenvalue weighted by Crippen LogP contribution is 2.17. The first-order valence-corrected chi connectivity index (χ1v) is 5.30. The summed E-state index contributed by atoms with van der Waals surface area (Å²) >= 11 is 0. The Balaban J connectivity index is 2.35. The summed E-state index contributed by atoms with van der Waals surface area (Å²) in [4.78, 5) is 10.6. The van der Waals surface area contributed by atoms with Crippen LogP contribution in [-0.4, -0.2) is 19.9 Å². The number of aromatic nitrogens is 2. The summed E-state index contributed by atoms with van der Waals surface area (Å²) in [6.07, 6.45) is 1.29. The van der Waals surface area contributed by atoms with Gasteiger partial charge in [0, 0.05) is 0 Å². The average molecular weight is 243 g/mol. The van der Waals surface area contributed by atoms with E-state index in [0.717, 1.165) is 5.56 Å². The Morgan fingerprint density at radius 2 is 2.22 bits per heavy atom. The van der Waals surface area contributed by atoms with Crippen LogP contribution in [0.2, 0.25) is 0 Å². The lowest BCUT2D eigenvalue weighted by atomic mass is 10.1. The monoisotopic (exact) mass is 243 g/mol. The lowest BCUT2D eigenvalue weighted by molar-refractivity contribution is -0.730. The first kappa shape index (κ1) is 11.8. The van der Waals surface area contributed by atoms with Gasteiger partial charge in [0.2, 0.25) is 0 Å². The second-order valence-corrected chi connectivity index (χ2v) is 3.81. The van der Waals surface area contributed by atoms with E-state index in [1.54, 1.807) is 23.7 Å². The lowest BCUT2D eigenvalue weighted by Crippen LogP contribution is -2.06. The molecular formula is C12H11N4O2+. The average Bonchev–Trinajstić information content (AvgIpc) is 2.72. The Kier molecular flexibility index (Phi) is 3.06. The van der Waals surface area contributed by atoms with E-state index in [0.29, 0.717) is 17.8 Å². The van der Waals surface area contributed by atoms with Crippen molar-refractivity contribution in [2.24, 2.45) is 0 Å². The molecule has 0 radical (unpaired) electrons. The summed E-state index contributed by atoms with van der Waals surface area (Å²) in [6.45, 7) is 2.06. The van der Waals surface area contributed by atoms with Crippen LogP contribution in [0.4, 0.5) is 5.69 Å². The van der Waals surface area contributed by atoms with Crippen molar-refractivity contribution in [1.82, 2.24) is 9.78 Å². The molecule has 0 aliphatic rings. The molecule has 2 rings (SSSR count). The van der Waals surface area contributed by atoms with Gasteiger partial charge in [0.05, 0.1) is 23.1 Å². The normalized spacial score (nSPS) is 10.0. The number of rotatable bonds is 3. The van der Waals surface area contributed by atoms with Gasteiger partial charge in [-0.25, -0.2) is 5.21 Å². The molecule has 1 N–H and O–H groups in total. The van der Waals surface area contributed by atoms with Gasteiger partial charge in [-0.2, -0.15) is 10.4 Å². The van der Waals surface area contributed by atoms with Crippen LogP contribution in [0, 0.1) is 23.2 Å². The molecule has 1 heterocycles. The van der Waals surface area contributed by atoms with Gasteiger partial charge in [-0.05, 0) is 18.6 Å². The van der Waals surface area contributed by atoms with Crippen LogP contribution in [-0.2, 0) is 6.54 Å². The Morgan fingerprint density at radius 3 is 2.83 bits per heavy atom. The van der Waals surface area contributed by atoms with Gasteiger partial charge in [-0.3, -0.25) is 4.68 Å². The minimum absolute atomic E-state index is 0.101. The molecular weight excluding hydrogens is 232 g/mol. The van der Waals surface area contributed by atoms with Crippen LogP contribution in [0.3, 0.4) is 0 Å². The van der Waals surface area contributed by atoms with Crippen molar-refractivity contribution in [3.8, 4) is 6.07 Å². The van der Waals surface area contributed by atoms with Gasteiger partial charge < -0.3 is 0 Å². The second-order valence-electron chi connectivity index (χ2n) is 3.81. The Bertz CT molecular complexity index is 640. The third-order valence-electron chi connectivity index (χ3n) is 2.74. The summed E-state index contributed by atoms with van der Waals surface area (Å²) in [7, 11) is 0. The van der Waals surface area contributed by atoms with Gasteiger partial charge in [0.25, 0.3) is 4.92 Å². The smallest absolute Gasteiger partial charge is 0.258 e. The van der Waals surface area contributed by atoms with Crippen molar-refractivity contribution in [2.75, 3.05) is 0 Å². The van der Waals surface area contributed by atoms with E-state index in [9.17, 15) is 4.91 Å². The maximum atomic E-state index is 10.8. The fourth-order valence-electron chi connectivity index (χ4n) is 1.71. The van der Waals surface area contributed by atoms with Crippen molar-refractivity contribution >= 4 is 5.69 Å². The molecule has 0 saturated heterocycles. The zero-order valence-corrected chi connectivity index (χ0v) is 9.74. The van der Waals surface area contributed by atoms with Gasteiger partial charge in [-0.1, -0.05) is 18.2 Å². The van der Waals surface area contributed by atoms with E-state index in [4.69, 9.17) is 10.5 Å². The predicted molar refractivity (Wildman–Crippen MR) is 62.3 cm³/mol. The van der Waals surface area contributed by atoms with Crippen LogP contribution in [0.1, 0.15) is 16.8 Å². The SMILES string of the molecule is Cc1c([N+](=O)O)cnn1Cc1ccccc1C#N. The van der Waals surface area contributed by atoms with Crippen LogP contribution in [0.15, 0.2) is 30.5 Å². The summed E-state index contributed by atoms with van der Waals surface area (Å²) in [5.74, 6) is 0. The van der Waals surface area contributed by atoms with Crippen LogP contribution < -0.4 is 0 Å². The van der Waals surface area contributed by atoms with E-state index in [2.05, 4.69) is 11.2 Å². The highest BCUT2D eigenvalue weighted by Gasteiger charge is 2.21. The Morgan fingerprint density at radius 1 is 1.50 bits per heavy atom. The molecule has 0 aliphatic carbocycles. The van der Waals surface area contributed by atoms with Crippen LogP contribution >= 0.6 is 0 Å². The van der Waals surface area contributed by atoms with E-state index in [1.807, 2.05) is 12.1 Å². The molecule has 90 valence electrons. The predicted octanol–water partition coefficient (Wildman–Crippen LogP) is 1.91.